The predicted molar refractivity (Wildman–Crippen MR) is 70.2 cm³/mol. The summed E-state index contributed by atoms with van der Waals surface area (Å²) in [6.07, 6.45) is 0.215. The molecule has 8 heteroatoms. The standard InChI is InChI=1S/C12H13ClF2O4S/c1-3-6-20(18,19)10-7(2)8(11(16)17)4-5-9(10)12(13,14)15/h4-5H,3,6H2,1-2H3,(H,16,17). The summed E-state index contributed by atoms with van der Waals surface area (Å²) in [6, 6.07) is 1.67. The van der Waals surface area contributed by atoms with E-state index in [9.17, 15) is 22.0 Å². The van der Waals surface area contributed by atoms with Gasteiger partial charge in [-0.1, -0.05) is 6.92 Å². The summed E-state index contributed by atoms with van der Waals surface area (Å²) in [4.78, 5) is 10.3. The monoisotopic (exact) mass is 326 g/mol. The second-order valence-corrected chi connectivity index (χ2v) is 6.76. The number of halogens is 3. The van der Waals surface area contributed by atoms with Crippen molar-refractivity contribution in [3.63, 3.8) is 0 Å². The van der Waals surface area contributed by atoms with E-state index in [1.54, 1.807) is 6.92 Å². The van der Waals surface area contributed by atoms with Gasteiger partial charge in [-0.15, -0.1) is 0 Å². The minimum Gasteiger partial charge on any atom is -0.478 e. The van der Waals surface area contributed by atoms with Crippen LogP contribution in [0.15, 0.2) is 17.0 Å². The minimum atomic E-state index is -4.04. The molecule has 0 fully saturated rings. The van der Waals surface area contributed by atoms with Crippen LogP contribution in [0.25, 0.3) is 0 Å². The zero-order chi connectivity index (χ0) is 15.7. The van der Waals surface area contributed by atoms with E-state index >= 15 is 0 Å². The van der Waals surface area contributed by atoms with Crippen molar-refractivity contribution < 1.29 is 27.1 Å². The van der Waals surface area contributed by atoms with Crippen molar-refractivity contribution >= 4 is 27.4 Å². The molecule has 1 rings (SSSR count). The van der Waals surface area contributed by atoms with Gasteiger partial charge < -0.3 is 5.11 Å². The highest BCUT2D eigenvalue weighted by Gasteiger charge is 2.37. The van der Waals surface area contributed by atoms with Crippen LogP contribution in [-0.4, -0.2) is 25.2 Å². The van der Waals surface area contributed by atoms with Crippen LogP contribution in [0.5, 0.6) is 0 Å². The average molecular weight is 327 g/mol. The van der Waals surface area contributed by atoms with Crippen molar-refractivity contribution in [3.8, 4) is 0 Å². The van der Waals surface area contributed by atoms with E-state index in [1.807, 2.05) is 0 Å². The van der Waals surface area contributed by atoms with E-state index < -0.39 is 31.6 Å². The highest BCUT2D eigenvalue weighted by atomic mass is 35.5. The molecule has 1 N–H and O–H groups in total. The van der Waals surface area contributed by atoms with Gasteiger partial charge in [-0.3, -0.25) is 0 Å². The molecule has 0 bridgehead atoms. The highest BCUT2D eigenvalue weighted by Crippen LogP contribution is 2.39. The molecule has 1 aromatic rings. The van der Waals surface area contributed by atoms with E-state index in [0.29, 0.717) is 0 Å². The number of alkyl halides is 3. The quantitative estimate of drug-likeness (QED) is 0.844. The summed E-state index contributed by atoms with van der Waals surface area (Å²) in [5, 5.41) is 5.07. The van der Waals surface area contributed by atoms with Crippen LogP contribution >= 0.6 is 11.6 Å². The highest BCUT2D eigenvalue weighted by molar-refractivity contribution is 7.91. The molecule has 20 heavy (non-hydrogen) atoms. The summed E-state index contributed by atoms with van der Waals surface area (Å²) < 4.78 is 50.9. The number of benzene rings is 1. The van der Waals surface area contributed by atoms with Crippen molar-refractivity contribution in [2.45, 2.75) is 30.5 Å². The first-order valence-electron chi connectivity index (χ1n) is 5.69. The van der Waals surface area contributed by atoms with Gasteiger partial charge in [0, 0.05) is 0 Å². The molecule has 0 aliphatic carbocycles. The lowest BCUT2D eigenvalue weighted by molar-refractivity contribution is 0.0693. The molecule has 112 valence electrons. The number of sulfone groups is 1. The van der Waals surface area contributed by atoms with Crippen LogP contribution in [0.4, 0.5) is 8.78 Å². The number of aromatic carboxylic acids is 1. The van der Waals surface area contributed by atoms with Gasteiger partial charge in [0.2, 0.25) is 0 Å². The van der Waals surface area contributed by atoms with E-state index in [0.717, 1.165) is 12.1 Å². The fourth-order valence-corrected chi connectivity index (χ4v) is 3.98. The molecule has 0 heterocycles. The lowest BCUT2D eigenvalue weighted by Crippen LogP contribution is -2.18. The topological polar surface area (TPSA) is 71.4 Å². The fraction of sp³-hybridized carbons (Fsp3) is 0.417. The minimum absolute atomic E-state index is 0.215. The van der Waals surface area contributed by atoms with E-state index in [4.69, 9.17) is 16.7 Å². The smallest absolute Gasteiger partial charge is 0.349 e. The Bertz CT molecular complexity index is 636. The van der Waals surface area contributed by atoms with Gasteiger partial charge in [0.15, 0.2) is 9.84 Å². The third-order valence-electron chi connectivity index (χ3n) is 2.73. The Balaban J connectivity index is 3.76. The van der Waals surface area contributed by atoms with Crippen LogP contribution in [0.1, 0.15) is 34.8 Å². The molecule has 0 unspecified atom stereocenters. The summed E-state index contributed by atoms with van der Waals surface area (Å²) >= 11 is 4.93. The number of hydrogen-bond acceptors (Lipinski definition) is 3. The Morgan fingerprint density at radius 3 is 2.35 bits per heavy atom. The zero-order valence-electron chi connectivity index (χ0n) is 10.8. The number of carboxylic acids is 1. The van der Waals surface area contributed by atoms with Crippen molar-refractivity contribution in [3.05, 3.63) is 28.8 Å². The van der Waals surface area contributed by atoms with Gasteiger partial charge in [-0.05, 0) is 42.6 Å². The summed E-state index contributed by atoms with van der Waals surface area (Å²) in [6.45, 7) is 2.75. The second-order valence-electron chi connectivity index (χ2n) is 4.24. The summed E-state index contributed by atoms with van der Waals surface area (Å²) in [5.74, 6) is -1.75. The third-order valence-corrected chi connectivity index (χ3v) is 5.02. The first kappa shape index (κ1) is 16.8. The maximum Gasteiger partial charge on any atom is 0.349 e. The predicted octanol–water partition coefficient (Wildman–Crippen LogP) is 3.17. The molecule has 4 nitrogen and oxygen atoms in total. The Hall–Kier alpha value is -1.21. The average Bonchev–Trinajstić information content (AvgIpc) is 2.26. The molecule has 0 spiro atoms. The molecule has 0 radical (unpaired) electrons. The Kier molecular flexibility index (Phi) is 4.76. The van der Waals surface area contributed by atoms with E-state index in [-0.39, 0.29) is 23.3 Å². The first-order chi connectivity index (χ1) is 9.02. The molecule has 0 aliphatic heterocycles. The Morgan fingerprint density at radius 1 is 1.40 bits per heavy atom. The molecule has 1 aromatic carbocycles. The largest absolute Gasteiger partial charge is 0.478 e. The zero-order valence-corrected chi connectivity index (χ0v) is 12.4. The van der Waals surface area contributed by atoms with Crippen LogP contribution < -0.4 is 0 Å². The van der Waals surface area contributed by atoms with Crippen LogP contribution in [0.3, 0.4) is 0 Å². The van der Waals surface area contributed by atoms with Gasteiger partial charge in [0.25, 0.3) is 0 Å². The SMILES string of the molecule is CCCS(=O)(=O)c1c(C(F)(F)Cl)ccc(C(=O)O)c1C. The van der Waals surface area contributed by atoms with Crippen molar-refractivity contribution in [2.24, 2.45) is 0 Å². The third kappa shape index (κ3) is 3.27. The summed E-state index contributed by atoms with van der Waals surface area (Å²) in [5.41, 5.74) is -1.47. The molecular weight excluding hydrogens is 314 g/mol. The molecule has 0 aromatic heterocycles. The van der Waals surface area contributed by atoms with Gasteiger partial charge in [0.1, 0.15) is 0 Å². The van der Waals surface area contributed by atoms with Crippen LogP contribution in [0, 0.1) is 6.92 Å². The van der Waals surface area contributed by atoms with Crippen LogP contribution in [-0.2, 0) is 15.2 Å². The number of carboxylic acid groups (broad SMARTS) is 1. The fourth-order valence-electron chi connectivity index (χ4n) is 1.92. The van der Waals surface area contributed by atoms with Gasteiger partial charge in [-0.2, -0.15) is 8.78 Å². The number of carbonyl (C=O) groups is 1. The molecule has 0 aliphatic rings. The van der Waals surface area contributed by atoms with E-state index in [1.165, 1.54) is 6.92 Å². The maximum atomic E-state index is 13.4. The number of rotatable bonds is 5. The maximum absolute atomic E-state index is 13.4. The first-order valence-corrected chi connectivity index (χ1v) is 7.72. The van der Waals surface area contributed by atoms with E-state index in [2.05, 4.69) is 0 Å². The second kappa shape index (κ2) is 5.65. The molecule has 0 saturated heterocycles. The lowest BCUT2D eigenvalue weighted by atomic mass is 10.0. The lowest BCUT2D eigenvalue weighted by Gasteiger charge is -2.17. The van der Waals surface area contributed by atoms with Crippen LogP contribution in [0.2, 0.25) is 0 Å². The molecular formula is C12H13ClF2O4S. The molecule has 0 amide bonds. The Labute approximate surface area is 120 Å². The molecule has 0 saturated carbocycles. The normalized spacial score (nSPS) is 12.4. The van der Waals surface area contributed by atoms with Gasteiger partial charge >= 0.3 is 11.4 Å². The summed E-state index contributed by atoms with van der Waals surface area (Å²) in [7, 11) is -4.04. The van der Waals surface area contributed by atoms with Gasteiger partial charge in [-0.25, -0.2) is 13.2 Å². The van der Waals surface area contributed by atoms with Crippen molar-refractivity contribution in [2.75, 3.05) is 5.75 Å². The Morgan fingerprint density at radius 2 is 1.95 bits per heavy atom. The number of hydrogen-bond donors (Lipinski definition) is 1. The van der Waals surface area contributed by atoms with Crippen molar-refractivity contribution in [1.29, 1.82) is 0 Å². The molecule has 0 atom stereocenters. The van der Waals surface area contributed by atoms with Crippen molar-refractivity contribution in [1.82, 2.24) is 0 Å². The van der Waals surface area contributed by atoms with Gasteiger partial charge in [0.05, 0.1) is 21.8 Å².